The number of halogens is 1. The monoisotopic (exact) mass is 523 g/mol. The van der Waals surface area contributed by atoms with Crippen molar-refractivity contribution in [3.63, 3.8) is 0 Å². The maximum Gasteiger partial charge on any atom is 0.407 e. The van der Waals surface area contributed by atoms with E-state index in [1.165, 1.54) is 10.1 Å². The molecule has 0 radical (unpaired) electrons. The molecule has 0 aliphatic carbocycles. The zero-order chi connectivity index (χ0) is 23.6. The Morgan fingerprint density at radius 2 is 1.68 bits per heavy atom. The van der Waals surface area contributed by atoms with Gasteiger partial charge in [0.25, 0.3) is 0 Å². The molecule has 10 nitrogen and oxygen atoms in total. The predicted molar refractivity (Wildman–Crippen MR) is 120 cm³/mol. The number of carbonyl (C=O) groups is 2. The zero-order valence-electron chi connectivity index (χ0n) is 18.4. The van der Waals surface area contributed by atoms with E-state index >= 15 is 0 Å². The Bertz CT molecular complexity index is 747. The number of nitrogens with zero attached hydrogens (tertiary/aromatic N) is 2. The lowest BCUT2D eigenvalue weighted by Gasteiger charge is -2.27. The first kappa shape index (κ1) is 27.5. The Morgan fingerprint density at radius 1 is 1.13 bits per heavy atom. The van der Waals surface area contributed by atoms with Crippen molar-refractivity contribution in [1.29, 1.82) is 0 Å². The van der Waals surface area contributed by atoms with Gasteiger partial charge in [0.2, 0.25) is 0 Å². The van der Waals surface area contributed by atoms with Gasteiger partial charge in [0, 0.05) is 34.6 Å². The zero-order valence-corrected chi connectivity index (χ0v) is 20.9. The average Bonchev–Trinajstić information content (AvgIpc) is 2.66. The molecule has 0 saturated carbocycles. The second-order valence-electron chi connectivity index (χ2n) is 7.13. The minimum atomic E-state index is -3.63. The summed E-state index contributed by atoms with van der Waals surface area (Å²) in [6.07, 6.45) is 0.869. The summed E-state index contributed by atoms with van der Waals surface area (Å²) < 4.78 is 28.2. The van der Waals surface area contributed by atoms with E-state index in [2.05, 4.69) is 21.2 Å². The number of nitrogens with one attached hydrogen (secondary N) is 1. The van der Waals surface area contributed by atoms with Gasteiger partial charge in [-0.3, -0.25) is 4.57 Å². The number of alkyl carbamates (subject to hydrolysis) is 1. The van der Waals surface area contributed by atoms with Gasteiger partial charge in [-0.2, -0.15) is 10.1 Å². The van der Waals surface area contributed by atoms with Gasteiger partial charge in [0.15, 0.2) is 0 Å². The summed E-state index contributed by atoms with van der Waals surface area (Å²) in [5.74, 6) is -1.17. The highest BCUT2D eigenvalue weighted by molar-refractivity contribution is 9.10. The molecule has 2 atom stereocenters. The van der Waals surface area contributed by atoms with Crippen LogP contribution in [0.15, 0.2) is 24.3 Å². The summed E-state index contributed by atoms with van der Waals surface area (Å²) in [5.41, 5.74) is 1.29. The van der Waals surface area contributed by atoms with Gasteiger partial charge in [0.05, 0.1) is 6.61 Å². The van der Waals surface area contributed by atoms with Crippen LogP contribution in [0.1, 0.15) is 35.5 Å². The van der Waals surface area contributed by atoms with Crippen LogP contribution in [0.2, 0.25) is 0 Å². The topological polar surface area (TPSA) is 118 Å². The highest BCUT2D eigenvalue weighted by atomic mass is 79.9. The van der Waals surface area contributed by atoms with E-state index in [1.54, 1.807) is 52.5 Å². The summed E-state index contributed by atoms with van der Waals surface area (Å²) in [5, 5.41) is 14.4. The van der Waals surface area contributed by atoms with E-state index < -0.39 is 30.3 Å². The van der Waals surface area contributed by atoms with E-state index in [1.807, 2.05) is 6.92 Å². The molecule has 0 aliphatic heterocycles. The molecule has 1 aromatic carbocycles. The number of hydrogen-bond donors (Lipinski definition) is 2. The Labute approximate surface area is 191 Å². The molecule has 12 heteroatoms. The van der Waals surface area contributed by atoms with Crippen LogP contribution in [0.3, 0.4) is 0 Å². The van der Waals surface area contributed by atoms with E-state index in [-0.39, 0.29) is 13.0 Å². The molecule has 0 spiro atoms. The number of rotatable bonds is 13. The van der Waals surface area contributed by atoms with Crippen molar-refractivity contribution in [3.05, 3.63) is 35.4 Å². The minimum absolute atomic E-state index is 0.0610. The van der Waals surface area contributed by atoms with Crippen LogP contribution in [-0.4, -0.2) is 68.1 Å². The number of alkyl halides is 1. The smallest absolute Gasteiger partial charge is 0.407 e. The Balaban J connectivity index is 2.89. The summed E-state index contributed by atoms with van der Waals surface area (Å²) in [6.45, 7) is 2.20. The van der Waals surface area contributed by atoms with Crippen LogP contribution in [0, 0.1) is 0 Å². The first-order valence-electron chi connectivity index (χ1n) is 9.71. The largest absolute Gasteiger partial charge is 0.480 e. The van der Waals surface area contributed by atoms with E-state index in [0.717, 1.165) is 6.42 Å². The number of ether oxygens (including phenoxy) is 1. The van der Waals surface area contributed by atoms with Gasteiger partial charge in [-0.1, -0.05) is 53.5 Å². The molecule has 2 N–H and O–H groups in total. The third kappa shape index (κ3) is 9.67. The highest BCUT2D eigenvalue weighted by Gasteiger charge is 2.38. The fraction of sp³-hybridized carbons (Fsp3) is 0.579. The van der Waals surface area contributed by atoms with Gasteiger partial charge in [-0.15, -0.1) is 0 Å². The molecule has 176 valence electrons. The molecule has 0 bridgehead atoms. The number of hydroxylamine groups is 4. The quantitative estimate of drug-likeness (QED) is 0.172. The highest BCUT2D eigenvalue weighted by Crippen LogP contribution is 2.64. The Kier molecular flexibility index (Phi) is 11.7. The number of benzene rings is 1. The maximum atomic E-state index is 13.2. The number of carboxylic acids is 1. The SMILES string of the molecule is CCCCOC(=O)NC(Cc1ccc(C(Br)P(=O)(ON(C)C)ON(C)C)cc1)C(=O)O. The lowest BCUT2D eigenvalue weighted by Crippen LogP contribution is -2.42. The van der Waals surface area contributed by atoms with Crippen LogP contribution in [0.4, 0.5) is 4.79 Å². The normalized spacial score (nSPS) is 13.8. The third-order valence-corrected chi connectivity index (χ3v) is 7.84. The molecule has 1 aromatic rings. The summed E-state index contributed by atoms with van der Waals surface area (Å²) in [4.78, 5) is 23.3. The number of amides is 1. The standard InChI is InChI=1S/C19H31BrN3O7P/c1-6-7-12-28-19(26)21-16(18(24)25)13-14-8-10-15(11-9-14)17(20)31(27,29-22(2)3)30-23(4)5/h8-11,16-17H,6-7,12-13H2,1-5H3,(H,21,26)(H,24,25). The number of carboxylic acid groups (broad SMARTS) is 1. The van der Waals surface area contributed by atoms with Crippen molar-refractivity contribution in [3.8, 4) is 0 Å². The number of hydrogen-bond acceptors (Lipinski definition) is 8. The first-order valence-corrected chi connectivity index (χ1v) is 12.2. The molecule has 0 aliphatic rings. The van der Waals surface area contributed by atoms with Gasteiger partial charge in [-0.05, 0) is 17.5 Å². The van der Waals surface area contributed by atoms with Crippen molar-refractivity contribution < 1.29 is 33.2 Å². The van der Waals surface area contributed by atoms with Crippen LogP contribution in [0.25, 0.3) is 0 Å². The fourth-order valence-electron chi connectivity index (χ4n) is 2.48. The summed E-state index contributed by atoms with van der Waals surface area (Å²) >= 11 is 3.39. The van der Waals surface area contributed by atoms with E-state index in [9.17, 15) is 19.3 Å². The second kappa shape index (κ2) is 13.1. The lowest BCUT2D eigenvalue weighted by atomic mass is 10.0. The molecule has 0 saturated heterocycles. The molecule has 2 unspecified atom stereocenters. The fourth-order valence-corrected chi connectivity index (χ4v) is 4.87. The Morgan fingerprint density at radius 3 is 2.13 bits per heavy atom. The maximum absolute atomic E-state index is 13.2. The van der Waals surface area contributed by atoms with Crippen LogP contribution < -0.4 is 5.32 Å². The molecule has 31 heavy (non-hydrogen) atoms. The molecule has 0 heterocycles. The van der Waals surface area contributed by atoms with Gasteiger partial charge < -0.3 is 15.2 Å². The summed E-state index contributed by atoms with van der Waals surface area (Å²) in [7, 11) is 2.76. The molecular weight excluding hydrogens is 493 g/mol. The van der Waals surface area contributed by atoms with Crippen LogP contribution >= 0.6 is 23.5 Å². The third-order valence-electron chi connectivity index (χ3n) is 3.85. The van der Waals surface area contributed by atoms with E-state index in [0.29, 0.717) is 17.5 Å². The average molecular weight is 524 g/mol. The number of aliphatic carboxylic acids is 1. The Hall–Kier alpha value is -1.49. The molecule has 1 rings (SSSR count). The van der Waals surface area contributed by atoms with Crippen molar-refractivity contribution in [2.75, 3.05) is 34.8 Å². The molecular formula is C19H31BrN3O7P. The predicted octanol–water partition coefficient (Wildman–Crippen LogP) is 3.78. The number of carbonyl (C=O) groups excluding carboxylic acids is 1. The number of unbranched alkanes of at least 4 members (excludes halogenated alkanes) is 1. The van der Waals surface area contributed by atoms with Crippen molar-refractivity contribution in [2.24, 2.45) is 0 Å². The first-order chi connectivity index (χ1) is 14.5. The van der Waals surface area contributed by atoms with Crippen LogP contribution in [-0.2, 0) is 29.8 Å². The molecule has 0 fully saturated rings. The molecule has 1 amide bonds. The van der Waals surface area contributed by atoms with Gasteiger partial charge in [-0.25, -0.2) is 18.8 Å². The van der Waals surface area contributed by atoms with Gasteiger partial charge >= 0.3 is 19.7 Å². The summed E-state index contributed by atoms with van der Waals surface area (Å²) in [6, 6.07) is 5.63. The van der Waals surface area contributed by atoms with Crippen molar-refractivity contribution in [1.82, 2.24) is 15.4 Å². The van der Waals surface area contributed by atoms with Crippen LogP contribution in [0.5, 0.6) is 0 Å². The van der Waals surface area contributed by atoms with E-state index in [4.69, 9.17) is 14.0 Å². The molecule has 0 aromatic heterocycles. The van der Waals surface area contributed by atoms with Crippen molar-refractivity contribution in [2.45, 2.75) is 36.8 Å². The van der Waals surface area contributed by atoms with Crippen molar-refractivity contribution >= 4 is 35.6 Å². The lowest BCUT2D eigenvalue weighted by molar-refractivity contribution is -0.139. The second-order valence-corrected chi connectivity index (χ2v) is 10.7. The minimum Gasteiger partial charge on any atom is -0.480 e. The van der Waals surface area contributed by atoms with Gasteiger partial charge in [0.1, 0.15) is 10.6 Å².